The molecule has 2 atom stereocenters. The summed E-state index contributed by atoms with van der Waals surface area (Å²) in [6.45, 7) is 0. The Morgan fingerprint density at radius 1 is 1.00 bits per heavy atom. The quantitative estimate of drug-likeness (QED) is 0.532. The molecule has 0 radical (unpaired) electrons. The summed E-state index contributed by atoms with van der Waals surface area (Å²) in [5.41, 5.74) is 0. The molecule has 4 heteroatoms. The summed E-state index contributed by atoms with van der Waals surface area (Å²) >= 11 is 1.32. The summed E-state index contributed by atoms with van der Waals surface area (Å²) in [5.74, 6) is 0. The molecule has 1 rings (SSSR count). The zero-order valence-electron chi connectivity index (χ0n) is 4.28. The Labute approximate surface area is 59.5 Å². The zero-order valence-corrected chi connectivity index (χ0v) is 7.71. The van der Waals surface area contributed by atoms with Gasteiger partial charge in [0.25, 0.3) is 0 Å². The molecule has 1 saturated heterocycles. The van der Waals surface area contributed by atoms with Crippen LogP contribution in [0, 0.1) is 0 Å². The second-order valence-corrected chi connectivity index (χ2v) is 9.23. The number of aliphatic hydroxyl groups excluding tert-OH is 2. The van der Waals surface area contributed by atoms with E-state index in [1.165, 1.54) is 0 Å². The molecule has 0 bridgehead atoms. The maximum atomic E-state index is 8.95. The summed E-state index contributed by atoms with van der Waals surface area (Å²) in [7, 11) is 0. The average Bonchev–Trinajstić information content (AvgIpc) is 1.77. The number of aliphatic hydroxyl groups is 2. The van der Waals surface area contributed by atoms with Gasteiger partial charge in [-0.15, -0.1) is 0 Å². The van der Waals surface area contributed by atoms with Crippen LogP contribution >= 0.6 is 0 Å². The van der Waals surface area contributed by atoms with Crippen LogP contribution in [0.15, 0.2) is 0 Å². The first-order valence-corrected chi connectivity index (χ1v) is 9.17. The van der Waals surface area contributed by atoms with Crippen LogP contribution in [0.4, 0.5) is 0 Å². The predicted molar refractivity (Wildman–Crippen MR) is 33.1 cm³/mol. The van der Waals surface area contributed by atoms with Crippen LogP contribution in [0.5, 0.6) is 0 Å². The van der Waals surface area contributed by atoms with E-state index in [1.807, 2.05) is 0 Å². The normalized spacial score (nSPS) is 39.8. The van der Waals surface area contributed by atoms with E-state index in [4.69, 9.17) is 10.2 Å². The van der Waals surface area contributed by atoms with Gasteiger partial charge in [-0.05, 0) is 0 Å². The average molecular weight is 246 g/mol. The molecule has 0 aromatic rings. The molecule has 0 aromatic carbocycles. The van der Waals surface area contributed by atoms with Gasteiger partial charge in [0.05, 0.1) is 0 Å². The van der Waals surface area contributed by atoms with Crippen molar-refractivity contribution >= 4 is 26.3 Å². The van der Waals surface area contributed by atoms with Crippen molar-refractivity contribution in [2.24, 2.45) is 0 Å². The molecule has 48 valence electrons. The first kappa shape index (κ1) is 7.07. The van der Waals surface area contributed by atoms with Crippen molar-refractivity contribution in [3.05, 3.63) is 0 Å². The fourth-order valence-electron chi connectivity index (χ4n) is 0.458. The molecular formula is C4H8O2Se2. The summed E-state index contributed by atoms with van der Waals surface area (Å²) in [5, 5.41) is 19.6. The molecule has 0 amide bonds. The molecule has 1 fully saturated rings. The van der Waals surface area contributed by atoms with E-state index in [9.17, 15) is 0 Å². The third-order valence-electron chi connectivity index (χ3n) is 1.01. The van der Waals surface area contributed by atoms with Gasteiger partial charge in [0.1, 0.15) is 0 Å². The predicted octanol–water partition coefficient (Wildman–Crippen LogP) is -1.12. The van der Waals surface area contributed by atoms with E-state index in [1.54, 1.807) is 0 Å². The van der Waals surface area contributed by atoms with E-state index in [0.29, 0.717) is 26.3 Å². The number of hydrogen-bond acceptors (Lipinski definition) is 2. The summed E-state index contributed by atoms with van der Waals surface area (Å²) in [6, 6.07) is 0. The summed E-state index contributed by atoms with van der Waals surface area (Å²) in [6.07, 6.45) is -0.795. The molecule has 0 aromatic heterocycles. The molecule has 0 spiro atoms. The molecule has 0 saturated carbocycles. The summed E-state index contributed by atoms with van der Waals surface area (Å²) in [4.78, 5) is 0. The van der Waals surface area contributed by atoms with E-state index < -0.39 is 12.2 Å². The number of rotatable bonds is 0. The van der Waals surface area contributed by atoms with E-state index in [0.717, 1.165) is 10.6 Å². The fourth-order valence-corrected chi connectivity index (χ4v) is 7.52. The Kier molecular flexibility index (Phi) is 2.84. The van der Waals surface area contributed by atoms with Gasteiger partial charge in [0.15, 0.2) is 0 Å². The van der Waals surface area contributed by atoms with Crippen molar-refractivity contribution in [1.82, 2.24) is 0 Å². The van der Waals surface area contributed by atoms with E-state index in [-0.39, 0.29) is 0 Å². The minimum absolute atomic E-state index is 0.398. The first-order valence-electron chi connectivity index (χ1n) is 2.41. The Morgan fingerprint density at radius 2 is 1.38 bits per heavy atom. The van der Waals surface area contributed by atoms with Crippen LogP contribution in [0.2, 0.25) is 10.6 Å². The standard InChI is InChI=1S/C4H8O2Se2/c5-3-1-7-8-2-4(3)6/h3-6H,1-2H2/t3-,4-/m0/s1. The second kappa shape index (κ2) is 3.21. The van der Waals surface area contributed by atoms with Crippen LogP contribution in [0.1, 0.15) is 0 Å². The van der Waals surface area contributed by atoms with Crippen LogP contribution in [0.3, 0.4) is 0 Å². The van der Waals surface area contributed by atoms with Crippen molar-refractivity contribution in [3.8, 4) is 0 Å². The van der Waals surface area contributed by atoms with Gasteiger partial charge in [-0.2, -0.15) is 0 Å². The Bertz CT molecular complexity index is 68.4. The van der Waals surface area contributed by atoms with Crippen molar-refractivity contribution in [3.63, 3.8) is 0 Å². The Hall–Kier alpha value is 0.959. The Morgan fingerprint density at radius 3 is 1.62 bits per heavy atom. The van der Waals surface area contributed by atoms with E-state index in [2.05, 4.69) is 0 Å². The molecule has 2 N–H and O–H groups in total. The molecule has 1 aliphatic heterocycles. The van der Waals surface area contributed by atoms with Gasteiger partial charge in [0.2, 0.25) is 0 Å². The monoisotopic (exact) mass is 248 g/mol. The van der Waals surface area contributed by atoms with Crippen LogP contribution in [0.25, 0.3) is 0 Å². The van der Waals surface area contributed by atoms with Crippen LogP contribution < -0.4 is 0 Å². The van der Waals surface area contributed by atoms with Crippen LogP contribution in [-0.4, -0.2) is 48.7 Å². The molecule has 1 heterocycles. The maximum absolute atomic E-state index is 8.95. The van der Waals surface area contributed by atoms with E-state index >= 15 is 0 Å². The minimum atomic E-state index is -0.398. The summed E-state index contributed by atoms with van der Waals surface area (Å²) < 4.78 is 0. The van der Waals surface area contributed by atoms with Gasteiger partial charge in [0, 0.05) is 0 Å². The van der Waals surface area contributed by atoms with Crippen molar-refractivity contribution in [2.75, 3.05) is 0 Å². The SMILES string of the molecule is O[C@H]1C[Se][Se]C[C@@H]1O. The first-order chi connectivity index (χ1) is 3.80. The molecule has 0 unspecified atom stereocenters. The van der Waals surface area contributed by atoms with Crippen LogP contribution in [-0.2, 0) is 0 Å². The topological polar surface area (TPSA) is 40.5 Å². The van der Waals surface area contributed by atoms with Gasteiger partial charge in [-0.25, -0.2) is 0 Å². The fraction of sp³-hybridized carbons (Fsp3) is 1.00. The van der Waals surface area contributed by atoms with Gasteiger partial charge >= 0.3 is 59.3 Å². The molecule has 1 aliphatic rings. The second-order valence-electron chi connectivity index (χ2n) is 1.70. The molecular weight excluding hydrogens is 238 g/mol. The zero-order chi connectivity index (χ0) is 5.98. The van der Waals surface area contributed by atoms with Crippen molar-refractivity contribution in [1.29, 1.82) is 0 Å². The number of hydrogen-bond donors (Lipinski definition) is 2. The third kappa shape index (κ3) is 1.73. The van der Waals surface area contributed by atoms with Gasteiger partial charge in [-0.3, -0.25) is 0 Å². The van der Waals surface area contributed by atoms with Crippen molar-refractivity contribution in [2.45, 2.75) is 22.8 Å². The molecule has 2 nitrogen and oxygen atoms in total. The third-order valence-corrected chi connectivity index (χ3v) is 8.14. The Balaban J connectivity index is 2.28. The van der Waals surface area contributed by atoms with Gasteiger partial charge in [-0.1, -0.05) is 0 Å². The van der Waals surface area contributed by atoms with Crippen molar-refractivity contribution < 1.29 is 10.2 Å². The van der Waals surface area contributed by atoms with Gasteiger partial charge < -0.3 is 0 Å². The molecule has 8 heavy (non-hydrogen) atoms. The molecule has 0 aliphatic carbocycles.